The third kappa shape index (κ3) is 3.41. The topological polar surface area (TPSA) is 140 Å². The van der Waals surface area contributed by atoms with Crippen molar-refractivity contribution in [2.24, 2.45) is 10.8 Å². The molecular formula is C16H15N7O3S2. The first-order valence-corrected chi connectivity index (χ1v) is 10.3. The molecule has 0 bridgehead atoms. The lowest BCUT2D eigenvalue weighted by atomic mass is 10.0. The Bertz CT molecular complexity index is 976. The number of aliphatic carboxylic acids is 1. The number of carboxylic acids is 1. The van der Waals surface area contributed by atoms with Gasteiger partial charge in [-0.15, -0.1) is 16.6 Å². The van der Waals surface area contributed by atoms with Crippen molar-refractivity contribution < 1.29 is 14.7 Å². The highest BCUT2D eigenvalue weighted by Gasteiger charge is 2.51. The summed E-state index contributed by atoms with van der Waals surface area (Å²) in [5, 5.41) is 25.3. The molecule has 3 N–H and O–H groups in total. The minimum absolute atomic E-state index is 0.00904. The predicted molar refractivity (Wildman–Crippen MR) is 104 cm³/mol. The summed E-state index contributed by atoms with van der Waals surface area (Å²) in [5.74, 6) is -0.704. The van der Waals surface area contributed by atoms with E-state index in [4.69, 9.17) is 5.73 Å². The molecule has 2 atom stereocenters. The van der Waals surface area contributed by atoms with Gasteiger partial charge in [-0.3, -0.25) is 9.69 Å². The first-order valence-electron chi connectivity index (χ1n) is 8.22. The van der Waals surface area contributed by atoms with E-state index in [1.807, 2.05) is 30.3 Å². The Morgan fingerprint density at radius 2 is 2.21 bits per heavy atom. The van der Waals surface area contributed by atoms with Gasteiger partial charge in [-0.1, -0.05) is 47.2 Å². The summed E-state index contributed by atoms with van der Waals surface area (Å²) >= 11 is 2.72. The van der Waals surface area contributed by atoms with Crippen LogP contribution in [0.2, 0.25) is 0 Å². The van der Waals surface area contributed by atoms with E-state index in [0.29, 0.717) is 22.2 Å². The first kappa shape index (κ1) is 18.7. The fourth-order valence-electron chi connectivity index (χ4n) is 2.84. The van der Waals surface area contributed by atoms with E-state index in [0.717, 1.165) is 5.56 Å². The highest BCUT2D eigenvalue weighted by atomic mass is 32.2. The fourth-order valence-corrected chi connectivity index (χ4v) is 5.09. The molecule has 1 amide bonds. The van der Waals surface area contributed by atoms with E-state index in [1.54, 1.807) is 6.21 Å². The highest BCUT2D eigenvalue weighted by Crippen LogP contribution is 2.40. The molecule has 0 spiro atoms. The smallest absolute Gasteiger partial charge is 0.352 e. The molecule has 1 fully saturated rings. The van der Waals surface area contributed by atoms with E-state index < -0.39 is 12.0 Å². The van der Waals surface area contributed by atoms with E-state index in [2.05, 4.69) is 20.6 Å². The molecule has 1 aromatic carbocycles. The summed E-state index contributed by atoms with van der Waals surface area (Å²) in [5.41, 5.74) is 7.29. The Kier molecular flexibility index (Phi) is 5.15. The van der Waals surface area contributed by atoms with E-state index >= 15 is 0 Å². The van der Waals surface area contributed by atoms with Crippen LogP contribution in [0.5, 0.6) is 0 Å². The zero-order valence-electron chi connectivity index (χ0n) is 14.4. The molecule has 28 heavy (non-hydrogen) atoms. The van der Waals surface area contributed by atoms with Gasteiger partial charge in [-0.25, -0.2) is 4.79 Å². The van der Waals surface area contributed by atoms with Crippen LogP contribution in [0.3, 0.4) is 0 Å². The molecule has 0 radical (unpaired) electrons. The number of fused-ring (bicyclic) bond motifs is 1. The number of carbonyl (C=O) groups excluding carboxylic acids is 1. The average molecular weight is 417 g/mol. The molecular weight excluding hydrogens is 402 g/mol. The standard InChI is InChI=1S/C16H15N7O3S2/c17-11-13(24)22-12(15(25)26)10(7-27-14(11)22)8-28-16-19-20-21-23(16)18-6-9-4-2-1-3-5-9/h1-6,11,14H,7-8,17H2,(H,25,26)/b18-6+/t11-,14-/m1/s1. The van der Waals surface area contributed by atoms with Gasteiger partial charge in [-0.05, 0) is 21.6 Å². The molecule has 12 heteroatoms. The zero-order chi connectivity index (χ0) is 19.7. The third-order valence-corrected chi connectivity index (χ3v) is 6.56. The molecule has 10 nitrogen and oxygen atoms in total. The van der Waals surface area contributed by atoms with Crippen LogP contribution in [0.15, 0.2) is 51.9 Å². The Morgan fingerprint density at radius 1 is 1.43 bits per heavy atom. The fraction of sp³-hybridized carbons (Fsp3) is 0.250. The maximum Gasteiger partial charge on any atom is 0.352 e. The molecule has 0 aliphatic carbocycles. The molecule has 1 saturated heterocycles. The molecule has 2 aliphatic rings. The van der Waals surface area contributed by atoms with Crippen LogP contribution < -0.4 is 5.73 Å². The second-order valence-corrected chi connectivity index (χ2v) is 8.04. The number of aromatic nitrogens is 4. The quantitative estimate of drug-likeness (QED) is 0.384. The number of nitrogens with zero attached hydrogens (tertiary/aromatic N) is 6. The van der Waals surface area contributed by atoms with E-state index in [1.165, 1.54) is 33.2 Å². The molecule has 3 heterocycles. The minimum atomic E-state index is -1.14. The summed E-state index contributed by atoms with van der Waals surface area (Å²) in [6.45, 7) is 0. The number of tetrazole rings is 1. The van der Waals surface area contributed by atoms with Gasteiger partial charge < -0.3 is 10.8 Å². The van der Waals surface area contributed by atoms with Gasteiger partial charge in [-0.2, -0.15) is 5.10 Å². The van der Waals surface area contributed by atoms with Crippen molar-refractivity contribution in [2.45, 2.75) is 16.6 Å². The van der Waals surface area contributed by atoms with Gasteiger partial charge in [0.1, 0.15) is 17.1 Å². The predicted octanol–water partition coefficient (Wildman–Crippen LogP) is 0.229. The van der Waals surface area contributed by atoms with Gasteiger partial charge in [0.2, 0.25) is 11.1 Å². The molecule has 0 unspecified atom stereocenters. The van der Waals surface area contributed by atoms with Crippen LogP contribution in [-0.4, -0.2) is 71.3 Å². The monoisotopic (exact) mass is 417 g/mol. The maximum absolute atomic E-state index is 12.0. The molecule has 1 aromatic heterocycles. The Balaban J connectivity index is 1.50. The van der Waals surface area contributed by atoms with Crippen molar-refractivity contribution >= 4 is 41.6 Å². The number of carbonyl (C=O) groups is 2. The van der Waals surface area contributed by atoms with Crippen LogP contribution in [-0.2, 0) is 9.59 Å². The first-order chi connectivity index (χ1) is 13.6. The second-order valence-electron chi connectivity index (χ2n) is 5.99. The Morgan fingerprint density at radius 3 is 2.96 bits per heavy atom. The maximum atomic E-state index is 12.0. The number of benzene rings is 1. The Hall–Kier alpha value is -2.70. The molecule has 144 valence electrons. The number of hydrogen-bond donors (Lipinski definition) is 2. The van der Waals surface area contributed by atoms with Crippen LogP contribution >= 0.6 is 23.5 Å². The number of carboxylic acid groups (broad SMARTS) is 1. The molecule has 2 aliphatic heterocycles. The van der Waals surface area contributed by atoms with Gasteiger partial charge in [0.15, 0.2) is 0 Å². The van der Waals surface area contributed by atoms with Crippen molar-refractivity contribution in [2.75, 3.05) is 11.5 Å². The Labute approximate surface area is 167 Å². The summed E-state index contributed by atoms with van der Waals surface area (Å²) in [7, 11) is 0. The van der Waals surface area contributed by atoms with Crippen LogP contribution in [0.4, 0.5) is 0 Å². The van der Waals surface area contributed by atoms with Crippen molar-refractivity contribution in [1.82, 2.24) is 25.2 Å². The van der Waals surface area contributed by atoms with Crippen molar-refractivity contribution in [3.63, 3.8) is 0 Å². The zero-order valence-corrected chi connectivity index (χ0v) is 16.0. The van der Waals surface area contributed by atoms with E-state index in [-0.39, 0.29) is 17.0 Å². The minimum Gasteiger partial charge on any atom is -0.477 e. The van der Waals surface area contributed by atoms with Crippen LogP contribution in [0.25, 0.3) is 0 Å². The third-order valence-electron chi connectivity index (χ3n) is 4.21. The van der Waals surface area contributed by atoms with Gasteiger partial charge >= 0.3 is 5.97 Å². The number of thioether (sulfide) groups is 2. The average Bonchev–Trinajstić information content (AvgIpc) is 3.17. The number of β-lactam (4-membered cyclic amide) rings is 1. The van der Waals surface area contributed by atoms with Crippen molar-refractivity contribution in [3.05, 3.63) is 47.2 Å². The van der Waals surface area contributed by atoms with Gasteiger partial charge in [0.25, 0.3) is 0 Å². The molecule has 0 saturated carbocycles. The van der Waals surface area contributed by atoms with Crippen LogP contribution in [0, 0.1) is 0 Å². The number of amides is 1. The van der Waals surface area contributed by atoms with Crippen molar-refractivity contribution in [3.8, 4) is 0 Å². The summed E-state index contributed by atoms with van der Waals surface area (Å²) in [6.07, 6.45) is 1.63. The normalized spacial score (nSPS) is 21.8. The van der Waals surface area contributed by atoms with E-state index in [9.17, 15) is 14.7 Å². The number of nitrogens with two attached hydrogens (primary N) is 1. The van der Waals surface area contributed by atoms with Gasteiger partial charge in [0.05, 0.1) is 6.21 Å². The number of hydrogen-bond acceptors (Lipinski definition) is 9. The second kappa shape index (κ2) is 7.73. The molecule has 4 rings (SSSR count). The SMILES string of the molecule is N[C@@H]1C(=O)N2C(C(=O)O)=C(CSc3nnnn3/N=C/c3ccccc3)CS[C@H]12. The van der Waals surface area contributed by atoms with Gasteiger partial charge in [0, 0.05) is 11.5 Å². The highest BCUT2D eigenvalue weighted by molar-refractivity contribution is 8.01. The summed E-state index contributed by atoms with van der Waals surface area (Å²) < 4.78 is 0. The lowest BCUT2D eigenvalue weighted by molar-refractivity contribution is -0.147. The van der Waals surface area contributed by atoms with Crippen LogP contribution in [0.1, 0.15) is 5.56 Å². The lowest BCUT2D eigenvalue weighted by Crippen LogP contribution is -2.68. The molecule has 2 aromatic rings. The van der Waals surface area contributed by atoms with Crippen molar-refractivity contribution in [1.29, 1.82) is 0 Å². The summed E-state index contributed by atoms with van der Waals surface area (Å²) in [6, 6.07) is 8.85. The summed E-state index contributed by atoms with van der Waals surface area (Å²) in [4.78, 5) is 26.3. The lowest BCUT2D eigenvalue weighted by Gasteiger charge is -2.48. The largest absolute Gasteiger partial charge is 0.477 e. The number of rotatable bonds is 6.